The zero-order valence-corrected chi connectivity index (χ0v) is 17.6. The van der Waals surface area contributed by atoms with Gasteiger partial charge in [-0.1, -0.05) is 26.0 Å². The summed E-state index contributed by atoms with van der Waals surface area (Å²) in [7, 11) is -1.63. The second kappa shape index (κ2) is 9.55. The van der Waals surface area contributed by atoms with Crippen molar-refractivity contribution in [1.82, 2.24) is 9.62 Å². The number of ether oxygens (including phenoxy) is 1. The first-order chi connectivity index (χ1) is 12.8. The van der Waals surface area contributed by atoms with Crippen molar-refractivity contribution in [2.45, 2.75) is 46.1 Å². The summed E-state index contributed by atoms with van der Waals surface area (Å²) in [5, 5.41) is 3.16. The van der Waals surface area contributed by atoms with E-state index in [1.807, 2.05) is 24.3 Å². The largest absolute Gasteiger partial charge is 0.497 e. The number of carbonyl (C=O) groups is 1. The van der Waals surface area contributed by atoms with Gasteiger partial charge in [0.2, 0.25) is 15.9 Å². The summed E-state index contributed by atoms with van der Waals surface area (Å²) >= 11 is 0. The highest BCUT2D eigenvalue weighted by Crippen LogP contribution is 2.26. The first kappa shape index (κ1) is 21.7. The minimum absolute atomic E-state index is 0.0625. The average molecular weight is 397 g/mol. The summed E-state index contributed by atoms with van der Waals surface area (Å²) in [6.07, 6.45) is 2.26. The number of carbonyl (C=O) groups excluding carboxylic acids is 1. The van der Waals surface area contributed by atoms with Crippen molar-refractivity contribution < 1.29 is 17.9 Å². The maximum atomic E-state index is 12.9. The fourth-order valence-corrected chi connectivity index (χ4v) is 4.65. The molecule has 0 radical (unpaired) electrons. The number of amides is 1. The second-order valence-corrected chi connectivity index (χ2v) is 9.82. The van der Waals surface area contributed by atoms with Gasteiger partial charge in [-0.2, -0.15) is 0 Å². The van der Waals surface area contributed by atoms with Gasteiger partial charge in [-0.25, -0.2) is 12.7 Å². The molecule has 1 fully saturated rings. The number of hydrogen-bond acceptors (Lipinski definition) is 4. The smallest absolute Gasteiger partial charge is 0.224 e. The Hall–Kier alpha value is -1.60. The summed E-state index contributed by atoms with van der Waals surface area (Å²) in [5.41, 5.74) is 1.03. The van der Waals surface area contributed by atoms with Gasteiger partial charge in [0.1, 0.15) is 5.75 Å². The summed E-state index contributed by atoms with van der Waals surface area (Å²) in [6, 6.07) is 7.64. The van der Waals surface area contributed by atoms with Crippen LogP contribution in [0.4, 0.5) is 0 Å². The fraction of sp³-hybridized carbons (Fsp3) is 0.650. The molecule has 1 amide bonds. The van der Waals surface area contributed by atoms with E-state index in [4.69, 9.17) is 4.74 Å². The van der Waals surface area contributed by atoms with E-state index < -0.39 is 10.0 Å². The molecule has 1 heterocycles. The van der Waals surface area contributed by atoms with E-state index in [0.29, 0.717) is 18.9 Å². The number of benzene rings is 1. The predicted octanol–water partition coefficient (Wildman–Crippen LogP) is 2.96. The number of methoxy groups -OCH3 is 1. The maximum absolute atomic E-state index is 12.9. The van der Waals surface area contributed by atoms with Gasteiger partial charge in [0.15, 0.2) is 0 Å². The van der Waals surface area contributed by atoms with Crippen LogP contribution in [0.3, 0.4) is 0 Å². The predicted molar refractivity (Wildman–Crippen MR) is 107 cm³/mol. The number of rotatable bonds is 8. The molecule has 152 valence electrons. The van der Waals surface area contributed by atoms with Crippen LogP contribution in [-0.4, -0.2) is 44.6 Å². The third-order valence-corrected chi connectivity index (χ3v) is 6.90. The molecule has 0 unspecified atom stereocenters. The van der Waals surface area contributed by atoms with Gasteiger partial charge in [0.05, 0.1) is 24.8 Å². The molecule has 1 aliphatic heterocycles. The van der Waals surface area contributed by atoms with Gasteiger partial charge in [-0.15, -0.1) is 0 Å². The van der Waals surface area contributed by atoms with Crippen LogP contribution in [0.1, 0.15) is 51.6 Å². The van der Waals surface area contributed by atoms with Crippen LogP contribution in [-0.2, 0) is 14.8 Å². The number of piperidine rings is 1. The van der Waals surface area contributed by atoms with Gasteiger partial charge < -0.3 is 10.1 Å². The van der Waals surface area contributed by atoms with Crippen molar-refractivity contribution in [3.8, 4) is 5.75 Å². The van der Waals surface area contributed by atoms with E-state index in [0.717, 1.165) is 24.2 Å². The lowest BCUT2D eigenvalue weighted by molar-refractivity contribution is -0.127. The molecular weight excluding hydrogens is 364 g/mol. The minimum atomic E-state index is -3.26. The fourth-order valence-electron chi connectivity index (χ4n) is 3.47. The minimum Gasteiger partial charge on any atom is -0.497 e. The van der Waals surface area contributed by atoms with Gasteiger partial charge in [0, 0.05) is 13.1 Å². The Morgan fingerprint density at radius 3 is 2.52 bits per heavy atom. The third kappa shape index (κ3) is 5.94. The Balaban J connectivity index is 2.10. The highest BCUT2D eigenvalue weighted by Gasteiger charge is 2.32. The van der Waals surface area contributed by atoms with Crippen molar-refractivity contribution in [2.24, 2.45) is 11.8 Å². The molecule has 2 rings (SSSR count). The Kier molecular flexibility index (Phi) is 7.68. The van der Waals surface area contributed by atoms with Crippen LogP contribution in [0.15, 0.2) is 24.3 Å². The summed E-state index contributed by atoms with van der Waals surface area (Å²) < 4.78 is 31.0. The molecule has 1 aromatic rings. The van der Waals surface area contributed by atoms with Crippen LogP contribution in [0.5, 0.6) is 5.75 Å². The highest BCUT2D eigenvalue weighted by molar-refractivity contribution is 7.89. The zero-order valence-electron chi connectivity index (χ0n) is 16.8. The molecule has 1 N–H and O–H groups in total. The van der Waals surface area contributed by atoms with Crippen LogP contribution in [0, 0.1) is 11.8 Å². The lowest BCUT2D eigenvalue weighted by atomic mass is 9.94. The van der Waals surface area contributed by atoms with E-state index in [2.05, 4.69) is 19.2 Å². The highest BCUT2D eigenvalue weighted by atomic mass is 32.2. The number of nitrogens with one attached hydrogen (secondary N) is 1. The Morgan fingerprint density at radius 1 is 1.30 bits per heavy atom. The van der Waals surface area contributed by atoms with Crippen molar-refractivity contribution in [3.05, 3.63) is 29.8 Å². The summed E-state index contributed by atoms with van der Waals surface area (Å²) in [6.45, 7) is 6.67. The van der Waals surface area contributed by atoms with E-state index in [-0.39, 0.29) is 30.2 Å². The summed E-state index contributed by atoms with van der Waals surface area (Å²) in [5.74, 6) is 0.908. The van der Waals surface area contributed by atoms with Crippen molar-refractivity contribution in [3.63, 3.8) is 0 Å². The van der Waals surface area contributed by atoms with Gasteiger partial charge in [0.25, 0.3) is 0 Å². The van der Waals surface area contributed by atoms with Crippen LogP contribution < -0.4 is 10.1 Å². The second-order valence-electron chi connectivity index (χ2n) is 7.56. The number of hydrogen-bond donors (Lipinski definition) is 1. The topological polar surface area (TPSA) is 75.7 Å². The summed E-state index contributed by atoms with van der Waals surface area (Å²) in [4.78, 5) is 12.9. The van der Waals surface area contributed by atoms with Crippen molar-refractivity contribution >= 4 is 15.9 Å². The first-order valence-corrected chi connectivity index (χ1v) is 11.3. The molecule has 7 heteroatoms. The van der Waals surface area contributed by atoms with Crippen LogP contribution in [0.25, 0.3) is 0 Å². The Bertz CT molecular complexity index is 716. The molecular formula is C20H32N2O4S. The van der Waals surface area contributed by atoms with Crippen LogP contribution >= 0.6 is 0 Å². The molecule has 6 nitrogen and oxygen atoms in total. The quantitative estimate of drug-likeness (QED) is 0.733. The van der Waals surface area contributed by atoms with Gasteiger partial charge in [-0.05, 0) is 49.8 Å². The lowest BCUT2D eigenvalue weighted by Gasteiger charge is -2.32. The molecule has 0 spiro atoms. The van der Waals surface area contributed by atoms with Crippen LogP contribution in [0.2, 0.25) is 0 Å². The third-order valence-electron chi connectivity index (χ3n) is 5.05. The van der Waals surface area contributed by atoms with Gasteiger partial charge >= 0.3 is 0 Å². The zero-order chi connectivity index (χ0) is 20.0. The average Bonchev–Trinajstić information content (AvgIpc) is 2.67. The standard InChI is InChI=1S/C20H32N2O4S/c1-5-27(24,25)22-12-6-7-17(14-22)20(23)21-19(13-15(2)3)16-8-10-18(26-4)11-9-16/h8-11,15,17,19H,5-7,12-14H2,1-4H3,(H,21,23)/t17-,19-/m0/s1. The van der Waals surface area contributed by atoms with Crippen molar-refractivity contribution in [2.75, 3.05) is 26.0 Å². The number of sulfonamides is 1. The Labute approximate surface area is 163 Å². The molecule has 0 bridgehead atoms. The normalized spacial score (nSPS) is 19.7. The molecule has 0 saturated carbocycles. The Morgan fingerprint density at radius 2 is 1.96 bits per heavy atom. The molecule has 2 atom stereocenters. The number of nitrogens with zero attached hydrogens (tertiary/aromatic N) is 1. The van der Waals surface area contributed by atoms with Crippen molar-refractivity contribution in [1.29, 1.82) is 0 Å². The molecule has 27 heavy (non-hydrogen) atoms. The van der Waals surface area contributed by atoms with E-state index in [9.17, 15) is 13.2 Å². The molecule has 1 aromatic carbocycles. The molecule has 1 aliphatic rings. The molecule has 0 aromatic heterocycles. The van der Waals surface area contributed by atoms with E-state index >= 15 is 0 Å². The SMILES string of the molecule is CCS(=O)(=O)N1CCC[C@H](C(=O)N[C@@H](CC(C)C)c2ccc(OC)cc2)C1. The first-order valence-electron chi connectivity index (χ1n) is 9.69. The molecule has 1 saturated heterocycles. The molecule has 0 aliphatic carbocycles. The van der Waals surface area contributed by atoms with E-state index in [1.165, 1.54) is 4.31 Å². The van der Waals surface area contributed by atoms with E-state index in [1.54, 1.807) is 14.0 Å². The monoisotopic (exact) mass is 396 g/mol. The van der Waals surface area contributed by atoms with Gasteiger partial charge in [-0.3, -0.25) is 4.79 Å². The lowest BCUT2D eigenvalue weighted by Crippen LogP contribution is -2.46. The maximum Gasteiger partial charge on any atom is 0.224 e.